The molecule has 0 saturated carbocycles. The van der Waals surface area contributed by atoms with Crippen molar-refractivity contribution in [3.63, 3.8) is 0 Å². The molecule has 0 atom stereocenters. The quantitative estimate of drug-likeness (QED) is 0.769. The lowest BCUT2D eigenvalue weighted by Gasteiger charge is -2.00. The third-order valence-corrected chi connectivity index (χ3v) is 2.57. The van der Waals surface area contributed by atoms with Crippen LogP contribution in [0, 0.1) is 0 Å². The number of carbonyl (C=O) groups is 1. The SMILES string of the molecule is CC(=O)SCC=Cc1ccc(N)c(N)c1. The van der Waals surface area contributed by atoms with Crippen LogP contribution < -0.4 is 11.5 Å². The summed E-state index contributed by atoms with van der Waals surface area (Å²) >= 11 is 1.28. The number of hydrogen-bond donors (Lipinski definition) is 2. The molecular weight excluding hydrogens is 208 g/mol. The summed E-state index contributed by atoms with van der Waals surface area (Å²) < 4.78 is 0. The minimum atomic E-state index is 0.122. The van der Waals surface area contributed by atoms with E-state index >= 15 is 0 Å². The number of nitrogens with two attached hydrogens (primary N) is 2. The fraction of sp³-hybridized carbons (Fsp3) is 0.182. The van der Waals surface area contributed by atoms with Gasteiger partial charge in [-0.3, -0.25) is 4.79 Å². The van der Waals surface area contributed by atoms with Crippen LogP contribution in [0.1, 0.15) is 12.5 Å². The summed E-state index contributed by atoms with van der Waals surface area (Å²) in [5.74, 6) is 0.680. The second-order valence-corrected chi connectivity index (χ2v) is 4.29. The monoisotopic (exact) mass is 222 g/mol. The Kier molecular flexibility index (Phi) is 4.24. The molecule has 0 radical (unpaired) electrons. The van der Waals surface area contributed by atoms with Crippen molar-refractivity contribution < 1.29 is 4.79 Å². The molecule has 15 heavy (non-hydrogen) atoms. The zero-order valence-corrected chi connectivity index (χ0v) is 9.38. The van der Waals surface area contributed by atoms with Gasteiger partial charge in [-0.15, -0.1) is 0 Å². The van der Waals surface area contributed by atoms with Crippen molar-refractivity contribution in [2.75, 3.05) is 17.2 Å². The fourth-order valence-corrected chi connectivity index (χ4v) is 1.47. The molecule has 0 aliphatic carbocycles. The van der Waals surface area contributed by atoms with Gasteiger partial charge in [0.25, 0.3) is 0 Å². The number of hydrogen-bond acceptors (Lipinski definition) is 4. The predicted octanol–water partition coefficient (Wildman–Crippen LogP) is 2.14. The van der Waals surface area contributed by atoms with Crippen LogP contribution in [0.3, 0.4) is 0 Å². The molecule has 1 aromatic rings. The van der Waals surface area contributed by atoms with E-state index in [4.69, 9.17) is 11.5 Å². The summed E-state index contributed by atoms with van der Waals surface area (Å²) in [7, 11) is 0. The minimum absolute atomic E-state index is 0.122. The first-order chi connectivity index (χ1) is 7.09. The molecule has 0 saturated heterocycles. The van der Waals surface area contributed by atoms with Crippen molar-refractivity contribution in [2.45, 2.75) is 6.92 Å². The normalized spacial score (nSPS) is 10.7. The van der Waals surface area contributed by atoms with E-state index in [1.165, 1.54) is 11.8 Å². The number of anilines is 2. The van der Waals surface area contributed by atoms with E-state index < -0.39 is 0 Å². The predicted molar refractivity (Wildman–Crippen MR) is 67.4 cm³/mol. The smallest absolute Gasteiger partial charge is 0.186 e. The molecule has 0 fully saturated rings. The largest absolute Gasteiger partial charge is 0.397 e. The Morgan fingerprint density at radius 1 is 1.40 bits per heavy atom. The van der Waals surface area contributed by atoms with E-state index in [0.29, 0.717) is 17.1 Å². The highest BCUT2D eigenvalue weighted by molar-refractivity contribution is 8.13. The van der Waals surface area contributed by atoms with E-state index in [9.17, 15) is 4.79 Å². The fourth-order valence-electron chi connectivity index (χ4n) is 1.05. The minimum Gasteiger partial charge on any atom is -0.397 e. The summed E-state index contributed by atoms with van der Waals surface area (Å²) in [6.45, 7) is 1.56. The van der Waals surface area contributed by atoms with Crippen LogP contribution in [0.5, 0.6) is 0 Å². The van der Waals surface area contributed by atoms with Gasteiger partial charge < -0.3 is 11.5 Å². The Labute approximate surface area is 93.5 Å². The van der Waals surface area contributed by atoms with Gasteiger partial charge in [0.05, 0.1) is 11.4 Å². The second-order valence-electron chi connectivity index (χ2n) is 3.09. The van der Waals surface area contributed by atoms with Gasteiger partial charge in [-0.1, -0.05) is 30.0 Å². The lowest BCUT2D eigenvalue weighted by Crippen LogP contribution is -1.93. The van der Waals surface area contributed by atoms with E-state index in [0.717, 1.165) is 5.56 Å². The molecule has 0 aliphatic heterocycles. The number of thioether (sulfide) groups is 1. The Balaban J connectivity index is 2.57. The maximum Gasteiger partial charge on any atom is 0.186 e. The lowest BCUT2D eigenvalue weighted by molar-refractivity contribution is -0.109. The van der Waals surface area contributed by atoms with E-state index in [1.54, 1.807) is 13.0 Å². The third kappa shape index (κ3) is 4.08. The molecule has 0 aliphatic rings. The van der Waals surface area contributed by atoms with Gasteiger partial charge in [0.2, 0.25) is 0 Å². The first-order valence-corrected chi connectivity index (χ1v) is 5.53. The molecule has 4 heteroatoms. The molecule has 1 aromatic carbocycles. The van der Waals surface area contributed by atoms with Gasteiger partial charge in [0.1, 0.15) is 0 Å². The number of rotatable bonds is 3. The molecule has 0 spiro atoms. The zero-order chi connectivity index (χ0) is 11.3. The van der Waals surface area contributed by atoms with Crippen molar-refractivity contribution in [2.24, 2.45) is 0 Å². The van der Waals surface area contributed by atoms with Crippen LogP contribution in [-0.2, 0) is 4.79 Å². The van der Waals surface area contributed by atoms with Crippen molar-refractivity contribution in [3.05, 3.63) is 29.8 Å². The first kappa shape index (κ1) is 11.7. The van der Waals surface area contributed by atoms with Crippen LogP contribution in [0.25, 0.3) is 6.08 Å². The summed E-state index contributed by atoms with van der Waals surface area (Å²) in [5.41, 5.74) is 13.4. The number of nitrogen functional groups attached to an aromatic ring is 2. The molecule has 3 nitrogen and oxygen atoms in total. The van der Waals surface area contributed by atoms with Gasteiger partial charge in [-0.2, -0.15) is 0 Å². The van der Waals surface area contributed by atoms with E-state index in [-0.39, 0.29) is 5.12 Å². The summed E-state index contributed by atoms with van der Waals surface area (Å²) in [4.78, 5) is 10.6. The summed E-state index contributed by atoms with van der Waals surface area (Å²) in [6.07, 6.45) is 3.85. The summed E-state index contributed by atoms with van der Waals surface area (Å²) in [5, 5.41) is 0.122. The lowest BCUT2D eigenvalue weighted by atomic mass is 10.1. The molecule has 80 valence electrons. The van der Waals surface area contributed by atoms with Gasteiger partial charge >= 0.3 is 0 Å². The van der Waals surface area contributed by atoms with Crippen LogP contribution >= 0.6 is 11.8 Å². The van der Waals surface area contributed by atoms with Gasteiger partial charge in [-0.25, -0.2) is 0 Å². The second kappa shape index (κ2) is 5.46. The average Bonchev–Trinajstić information content (AvgIpc) is 2.18. The molecule has 0 bridgehead atoms. The zero-order valence-electron chi connectivity index (χ0n) is 8.57. The molecule has 0 unspecified atom stereocenters. The summed E-state index contributed by atoms with van der Waals surface area (Å²) in [6, 6.07) is 5.47. The Morgan fingerprint density at radius 2 is 2.13 bits per heavy atom. The third-order valence-electron chi connectivity index (χ3n) is 1.80. The van der Waals surface area contributed by atoms with Crippen LogP contribution in [-0.4, -0.2) is 10.9 Å². The molecule has 1 rings (SSSR count). The molecular formula is C11H14N2OS. The highest BCUT2D eigenvalue weighted by Crippen LogP contribution is 2.17. The van der Waals surface area contributed by atoms with Crippen molar-refractivity contribution in [3.8, 4) is 0 Å². The molecule has 0 amide bonds. The van der Waals surface area contributed by atoms with Crippen molar-refractivity contribution in [1.82, 2.24) is 0 Å². The maximum atomic E-state index is 10.6. The Hall–Kier alpha value is -1.42. The highest BCUT2D eigenvalue weighted by Gasteiger charge is 1.94. The van der Waals surface area contributed by atoms with Gasteiger partial charge in [0.15, 0.2) is 5.12 Å². The van der Waals surface area contributed by atoms with Gasteiger partial charge in [-0.05, 0) is 17.7 Å². The van der Waals surface area contributed by atoms with Crippen LogP contribution in [0.15, 0.2) is 24.3 Å². The maximum absolute atomic E-state index is 10.6. The van der Waals surface area contributed by atoms with Crippen molar-refractivity contribution >= 4 is 34.3 Å². The first-order valence-electron chi connectivity index (χ1n) is 4.54. The van der Waals surface area contributed by atoms with E-state index in [2.05, 4.69) is 0 Å². The van der Waals surface area contributed by atoms with Crippen LogP contribution in [0.4, 0.5) is 11.4 Å². The number of benzene rings is 1. The Morgan fingerprint density at radius 3 is 2.73 bits per heavy atom. The topological polar surface area (TPSA) is 69.1 Å². The van der Waals surface area contributed by atoms with E-state index in [1.807, 2.05) is 24.3 Å². The molecule has 0 heterocycles. The number of carbonyl (C=O) groups excluding carboxylic acids is 1. The highest BCUT2D eigenvalue weighted by atomic mass is 32.2. The van der Waals surface area contributed by atoms with Gasteiger partial charge in [0, 0.05) is 12.7 Å². The standard InChI is InChI=1S/C11H14N2OS/c1-8(14)15-6-2-3-9-4-5-10(12)11(13)7-9/h2-5,7H,6,12-13H2,1H3. The molecule has 0 aromatic heterocycles. The van der Waals surface area contributed by atoms with Crippen LogP contribution in [0.2, 0.25) is 0 Å². The molecule has 4 N–H and O–H groups in total. The Bertz CT molecular complexity index is 388. The average molecular weight is 222 g/mol. The van der Waals surface area contributed by atoms with Crippen molar-refractivity contribution in [1.29, 1.82) is 0 Å².